The van der Waals surface area contributed by atoms with E-state index in [4.69, 9.17) is 0 Å². The smallest absolute Gasteiger partial charge is 0.259 e. The van der Waals surface area contributed by atoms with Gasteiger partial charge in [0.1, 0.15) is 0 Å². The zero-order valence-corrected chi connectivity index (χ0v) is 9.86. The standard InChI is InChI=1S/C13H10N2O4/c16-9-5-4-7(11(17)14-9)6-2-1-3-8-10(6)13(19)15-12(8)18/h1-3,7H,4-5H2,(H,14,16,17)(H,15,18,19). The van der Waals surface area contributed by atoms with E-state index in [9.17, 15) is 19.2 Å². The SMILES string of the molecule is O=C1CCC(c2cccc3c2C(=O)NC3=O)C(=O)N1. The Hall–Kier alpha value is -2.50. The van der Waals surface area contributed by atoms with E-state index in [0.717, 1.165) is 0 Å². The van der Waals surface area contributed by atoms with Crippen molar-refractivity contribution in [3.05, 3.63) is 34.9 Å². The van der Waals surface area contributed by atoms with E-state index in [-0.39, 0.29) is 23.5 Å². The fraction of sp³-hybridized carbons (Fsp3) is 0.231. The number of piperidine rings is 1. The van der Waals surface area contributed by atoms with E-state index in [2.05, 4.69) is 10.6 Å². The molecule has 2 aliphatic rings. The summed E-state index contributed by atoms with van der Waals surface area (Å²) in [5, 5.41) is 4.46. The largest absolute Gasteiger partial charge is 0.296 e. The number of rotatable bonds is 1. The highest BCUT2D eigenvalue weighted by molar-refractivity contribution is 6.22. The van der Waals surface area contributed by atoms with Crippen molar-refractivity contribution in [3.8, 4) is 0 Å². The summed E-state index contributed by atoms with van der Waals surface area (Å²) in [6, 6.07) is 4.83. The molecule has 1 fully saturated rings. The fourth-order valence-electron chi connectivity index (χ4n) is 2.53. The normalized spacial score (nSPS) is 22.0. The summed E-state index contributed by atoms with van der Waals surface area (Å²) >= 11 is 0. The van der Waals surface area contributed by atoms with Crippen molar-refractivity contribution in [1.82, 2.24) is 10.6 Å². The van der Waals surface area contributed by atoms with E-state index in [1.54, 1.807) is 18.2 Å². The van der Waals surface area contributed by atoms with Gasteiger partial charge < -0.3 is 0 Å². The molecule has 96 valence electrons. The van der Waals surface area contributed by atoms with Gasteiger partial charge in [0.05, 0.1) is 17.0 Å². The summed E-state index contributed by atoms with van der Waals surface area (Å²) < 4.78 is 0. The van der Waals surface area contributed by atoms with Gasteiger partial charge in [0.2, 0.25) is 11.8 Å². The first-order valence-corrected chi connectivity index (χ1v) is 5.90. The summed E-state index contributed by atoms with van der Waals surface area (Å²) in [6.45, 7) is 0. The van der Waals surface area contributed by atoms with Crippen LogP contribution >= 0.6 is 0 Å². The van der Waals surface area contributed by atoms with Gasteiger partial charge in [-0.2, -0.15) is 0 Å². The highest BCUT2D eigenvalue weighted by Crippen LogP contribution is 2.31. The lowest BCUT2D eigenvalue weighted by Gasteiger charge is -2.22. The molecule has 0 aliphatic carbocycles. The Balaban J connectivity index is 2.08. The van der Waals surface area contributed by atoms with E-state index >= 15 is 0 Å². The second-order valence-corrected chi connectivity index (χ2v) is 4.56. The van der Waals surface area contributed by atoms with Gasteiger partial charge >= 0.3 is 0 Å². The van der Waals surface area contributed by atoms with Crippen LogP contribution in [0.1, 0.15) is 45.0 Å². The molecular formula is C13H10N2O4. The van der Waals surface area contributed by atoms with Gasteiger partial charge in [-0.15, -0.1) is 0 Å². The van der Waals surface area contributed by atoms with Crippen LogP contribution in [-0.4, -0.2) is 23.6 Å². The molecule has 0 bridgehead atoms. The maximum Gasteiger partial charge on any atom is 0.259 e. The maximum absolute atomic E-state index is 11.8. The fourth-order valence-corrected chi connectivity index (χ4v) is 2.53. The minimum absolute atomic E-state index is 0.232. The Labute approximate surface area is 108 Å². The first-order chi connectivity index (χ1) is 9.08. The van der Waals surface area contributed by atoms with Crippen LogP contribution in [0.4, 0.5) is 0 Å². The Bertz CT molecular complexity index is 636. The van der Waals surface area contributed by atoms with Crippen LogP contribution < -0.4 is 10.6 Å². The van der Waals surface area contributed by atoms with Crippen LogP contribution in [0.15, 0.2) is 18.2 Å². The first kappa shape index (κ1) is 11.6. The molecule has 1 aromatic carbocycles. The molecule has 6 heteroatoms. The van der Waals surface area contributed by atoms with Crippen LogP contribution in [0.2, 0.25) is 0 Å². The summed E-state index contributed by atoms with van der Waals surface area (Å²) in [5.74, 6) is -2.23. The number of imide groups is 2. The van der Waals surface area contributed by atoms with Crippen molar-refractivity contribution < 1.29 is 19.2 Å². The van der Waals surface area contributed by atoms with Gasteiger partial charge in [-0.1, -0.05) is 12.1 Å². The third kappa shape index (κ3) is 1.72. The van der Waals surface area contributed by atoms with E-state index in [1.807, 2.05) is 0 Å². The number of hydrogen-bond acceptors (Lipinski definition) is 4. The molecule has 0 spiro atoms. The van der Waals surface area contributed by atoms with Crippen LogP contribution in [0.5, 0.6) is 0 Å². The molecule has 1 atom stereocenters. The second kappa shape index (κ2) is 4.01. The summed E-state index contributed by atoms with van der Waals surface area (Å²) in [6.07, 6.45) is 0.582. The van der Waals surface area contributed by atoms with Gasteiger partial charge in [-0.3, -0.25) is 29.8 Å². The molecule has 19 heavy (non-hydrogen) atoms. The number of nitrogens with one attached hydrogen (secondary N) is 2. The van der Waals surface area contributed by atoms with Crippen molar-refractivity contribution in [2.75, 3.05) is 0 Å². The average Bonchev–Trinajstić information content (AvgIpc) is 2.65. The quantitative estimate of drug-likeness (QED) is 0.698. The monoisotopic (exact) mass is 258 g/mol. The molecular weight excluding hydrogens is 248 g/mol. The van der Waals surface area contributed by atoms with Crippen molar-refractivity contribution in [2.45, 2.75) is 18.8 Å². The predicted octanol–water partition coefficient (Wildman–Crippen LogP) is 0.0904. The molecule has 4 amide bonds. The Morgan fingerprint density at radius 1 is 1.00 bits per heavy atom. The molecule has 3 rings (SSSR count). The van der Waals surface area contributed by atoms with E-state index in [0.29, 0.717) is 12.0 Å². The second-order valence-electron chi connectivity index (χ2n) is 4.56. The zero-order chi connectivity index (χ0) is 13.6. The lowest BCUT2D eigenvalue weighted by molar-refractivity contribution is -0.134. The van der Waals surface area contributed by atoms with Crippen molar-refractivity contribution in [3.63, 3.8) is 0 Å². The molecule has 0 saturated carbocycles. The highest BCUT2D eigenvalue weighted by atomic mass is 16.2. The van der Waals surface area contributed by atoms with Crippen LogP contribution in [0.3, 0.4) is 0 Å². The molecule has 6 nitrogen and oxygen atoms in total. The molecule has 2 aliphatic heterocycles. The van der Waals surface area contributed by atoms with Crippen molar-refractivity contribution in [1.29, 1.82) is 0 Å². The van der Waals surface area contributed by atoms with Gasteiger partial charge in [0, 0.05) is 6.42 Å². The number of benzene rings is 1. The van der Waals surface area contributed by atoms with E-state index in [1.165, 1.54) is 0 Å². The Morgan fingerprint density at radius 3 is 2.53 bits per heavy atom. The zero-order valence-electron chi connectivity index (χ0n) is 9.86. The molecule has 0 radical (unpaired) electrons. The first-order valence-electron chi connectivity index (χ1n) is 5.90. The van der Waals surface area contributed by atoms with Gasteiger partial charge in [-0.25, -0.2) is 0 Å². The Morgan fingerprint density at radius 2 is 1.79 bits per heavy atom. The lowest BCUT2D eigenvalue weighted by atomic mass is 9.86. The summed E-state index contributed by atoms with van der Waals surface area (Å²) in [4.78, 5) is 46.3. The third-order valence-corrected chi connectivity index (χ3v) is 3.41. The maximum atomic E-state index is 11.8. The number of hydrogen-bond donors (Lipinski definition) is 2. The Kier molecular flexibility index (Phi) is 2.45. The molecule has 1 aromatic rings. The number of amides is 4. The molecule has 1 saturated heterocycles. The minimum atomic E-state index is -0.565. The molecule has 2 heterocycles. The summed E-state index contributed by atoms with van der Waals surface area (Å²) in [7, 11) is 0. The van der Waals surface area contributed by atoms with Crippen LogP contribution in [0, 0.1) is 0 Å². The van der Waals surface area contributed by atoms with Gasteiger partial charge in [0.15, 0.2) is 0 Å². The van der Waals surface area contributed by atoms with Gasteiger partial charge in [-0.05, 0) is 18.1 Å². The molecule has 2 N–H and O–H groups in total. The molecule has 0 aromatic heterocycles. The molecule has 1 unspecified atom stereocenters. The lowest BCUT2D eigenvalue weighted by Crippen LogP contribution is -2.40. The van der Waals surface area contributed by atoms with Crippen molar-refractivity contribution >= 4 is 23.6 Å². The van der Waals surface area contributed by atoms with Gasteiger partial charge in [0.25, 0.3) is 11.8 Å². The van der Waals surface area contributed by atoms with Crippen LogP contribution in [-0.2, 0) is 9.59 Å². The minimum Gasteiger partial charge on any atom is -0.296 e. The van der Waals surface area contributed by atoms with E-state index < -0.39 is 23.6 Å². The predicted molar refractivity (Wildman–Crippen MR) is 63.4 cm³/mol. The van der Waals surface area contributed by atoms with Crippen molar-refractivity contribution in [2.24, 2.45) is 0 Å². The number of carbonyl (C=O) groups is 4. The number of carbonyl (C=O) groups excluding carboxylic acids is 4. The third-order valence-electron chi connectivity index (χ3n) is 3.41. The average molecular weight is 258 g/mol. The number of fused-ring (bicyclic) bond motifs is 1. The highest BCUT2D eigenvalue weighted by Gasteiger charge is 2.35. The van der Waals surface area contributed by atoms with Crippen LogP contribution in [0.25, 0.3) is 0 Å². The summed E-state index contributed by atoms with van der Waals surface area (Å²) in [5.41, 5.74) is 1.04. The topological polar surface area (TPSA) is 92.3 Å².